The maximum atomic E-state index is 12.2. The van der Waals surface area contributed by atoms with Gasteiger partial charge in [0.25, 0.3) is 0 Å². The van der Waals surface area contributed by atoms with E-state index in [2.05, 4.69) is 20.6 Å². The lowest BCUT2D eigenvalue weighted by atomic mass is 9.74. The van der Waals surface area contributed by atoms with Crippen molar-refractivity contribution < 1.29 is 14.7 Å². The Hall–Kier alpha value is -3.55. The van der Waals surface area contributed by atoms with Gasteiger partial charge in [-0.25, -0.2) is 0 Å². The van der Waals surface area contributed by atoms with Crippen molar-refractivity contribution in [3.8, 4) is 11.1 Å². The minimum absolute atomic E-state index is 0.219. The minimum atomic E-state index is -0.872. The highest BCUT2D eigenvalue weighted by atomic mass is 16.4. The van der Waals surface area contributed by atoms with Crippen LogP contribution in [0.5, 0.6) is 0 Å². The van der Waals surface area contributed by atoms with Crippen LogP contribution >= 0.6 is 0 Å². The number of aromatic nitrogens is 4. The maximum Gasteiger partial charge on any atom is 0.307 e. The lowest BCUT2D eigenvalue weighted by Crippen LogP contribution is -2.27. The Kier molecular flexibility index (Phi) is 7.12. The van der Waals surface area contributed by atoms with E-state index >= 15 is 0 Å². The van der Waals surface area contributed by atoms with E-state index in [4.69, 9.17) is 5.73 Å². The van der Waals surface area contributed by atoms with Crippen molar-refractivity contribution in [1.29, 1.82) is 0 Å². The van der Waals surface area contributed by atoms with Crippen molar-refractivity contribution in [2.75, 3.05) is 0 Å². The normalized spacial score (nSPS) is 14.0. The summed E-state index contributed by atoms with van der Waals surface area (Å²) >= 11 is 0. The van der Waals surface area contributed by atoms with E-state index in [0.717, 1.165) is 29.5 Å². The van der Waals surface area contributed by atoms with Gasteiger partial charge in [0.05, 0.1) is 5.92 Å². The van der Waals surface area contributed by atoms with Gasteiger partial charge in [-0.15, -0.1) is 10.2 Å². The molecule has 3 rings (SSSR count). The fourth-order valence-electron chi connectivity index (χ4n) is 4.13. The Bertz CT molecular complexity index is 1040. The fourth-order valence-corrected chi connectivity index (χ4v) is 4.13. The Morgan fingerprint density at radius 2 is 1.94 bits per heavy atom. The Morgan fingerprint density at radius 3 is 2.58 bits per heavy atom. The Labute approximate surface area is 180 Å². The zero-order chi connectivity index (χ0) is 22.4. The van der Waals surface area contributed by atoms with E-state index < -0.39 is 23.7 Å². The molecule has 0 aliphatic heterocycles. The topological polar surface area (TPSA) is 135 Å². The molecule has 1 heterocycles. The molecule has 8 heteroatoms. The van der Waals surface area contributed by atoms with Crippen molar-refractivity contribution >= 4 is 11.9 Å². The van der Waals surface area contributed by atoms with E-state index in [0.29, 0.717) is 17.8 Å². The molecule has 0 fully saturated rings. The molecule has 0 aliphatic rings. The van der Waals surface area contributed by atoms with Gasteiger partial charge in [0.15, 0.2) is 5.82 Å². The third kappa shape index (κ3) is 4.96. The summed E-state index contributed by atoms with van der Waals surface area (Å²) in [6.07, 6.45) is 2.21. The summed E-state index contributed by atoms with van der Waals surface area (Å²) in [5, 5.41) is 24.4. The van der Waals surface area contributed by atoms with Crippen LogP contribution in [0, 0.1) is 5.92 Å². The summed E-state index contributed by atoms with van der Waals surface area (Å²) < 4.78 is 0. The number of aliphatic carboxylic acids is 1. The highest BCUT2D eigenvalue weighted by Gasteiger charge is 2.37. The van der Waals surface area contributed by atoms with Crippen LogP contribution < -0.4 is 5.73 Å². The number of rotatable bonds is 10. The number of carboxylic acid groups (broad SMARTS) is 1. The molecule has 4 N–H and O–H groups in total. The first-order chi connectivity index (χ1) is 14.9. The quantitative estimate of drug-likeness (QED) is 0.456. The second kappa shape index (κ2) is 9.97. The summed E-state index contributed by atoms with van der Waals surface area (Å²) in [6, 6.07) is 14.9. The molecule has 1 aromatic heterocycles. The first kappa shape index (κ1) is 22.1. The molecule has 0 aliphatic carbocycles. The fraction of sp³-hybridized carbons (Fsp3) is 0.348. The molecule has 31 heavy (non-hydrogen) atoms. The second-order valence-electron chi connectivity index (χ2n) is 7.70. The third-order valence-electron chi connectivity index (χ3n) is 5.73. The molecule has 2 aromatic carbocycles. The largest absolute Gasteiger partial charge is 0.481 e. The van der Waals surface area contributed by atoms with Crippen LogP contribution in [0.4, 0.5) is 0 Å². The Morgan fingerprint density at radius 1 is 1.16 bits per heavy atom. The number of hydrogen-bond donors (Lipinski definition) is 3. The zero-order valence-corrected chi connectivity index (χ0v) is 17.7. The average molecular weight is 422 g/mol. The number of primary amides is 1. The van der Waals surface area contributed by atoms with Crippen LogP contribution in [0.3, 0.4) is 0 Å². The molecule has 162 valence electrons. The number of amides is 1. The first-order valence-corrected chi connectivity index (χ1v) is 10.4. The van der Waals surface area contributed by atoms with Gasteiger partial charge in [0, 0.05) is 11.5 Å². The van der Waals surface area contributed by atoms with Gasteiger partial charge in [0.2, 0.25) is 5.91 Å². The van der Waals surface area contributed by atoms with Crippen LogP contribution in [0.15, 0.2) is 48.5 Å². The van der Waals surface area contributed by atoms with E-state index in [-0.39, 0.29) is 5.92 Å². The lowest BCUT2D eigenvalue weighted by Gasteiger charge is -2.29. The molecule has 0 radical (unpaired) electrons. The van der Waals surface area contributed by atoms with E-state index in [9.17, 15) is 14.7 Å². The number of tetrazole rings is 1. The number of carbonyl (C=O) groups excluding carboxylic acids is 1. The van der Waals surface area contributed by atoms with Gasteiger partial charge in [-0.1, -0.05) is 68.3 Å². The van der Waals surface area contributed by atoms with Crippen molar-refractivity contribution in [1.82, 2.24) is 20.6 Å². The number of hydrogen-bond acceptors (Lipinski definition) is 5. The second-order valence-corrected chi connectivity index (χ2v) is 7.70. The third-order valence-corrected chi connectivity index (χ3v) is 5.73. The molecule has 0 saturated carbocycles. The van der Waals surface area contributed by atoms with Crippen LogP contribution in [-0.4, -0.2) is 37.6 Å². The number of carbonyl (C=O) groups is 2. The number of carboxylic acids is 1. The highest BCUT2D eigenvalue weighted by Crippen LogP contribution is 2.42. The van der Waals surface area contributed by atoms with Gasteiger partial charge < -0.3 is 10.8 Å². The molecular formula is C23H27N5O3. The molecule has 3 aromatic rings. The summed E-state index contributed by atoms with van der Waals surface area (Å²) in [5.41, 5.74) is 8.57. The standard InChI is InChI=1S/C23H27N5O3/c1-3-4-10-19(23(30)31)20(22-25-27-28-26-22)14(2)17-11-5-6-12-18(17)15-8-7-9-16(13-15)21(24)29/h5-9,11-14,19-20H,3-4,10H2,1-2H3,(H2,24,29)(H,30,31)(H,25,26,27,28). The molecule has 0 saturated heterocycles. The maximum absolute atomic E-state index is 12.2. The van der Waals surface area contributed by atoms with Gasteiger partial charge in [-0.3, -0.25) is 9.59 Å². The molecule has 0 bridgehead atoms. The molecular weight excluding hydrogens is 394 g/mol. The summed E-state index contributed by atoms with van der Waals surface area (Å²) in [7, 11) is 0. The smallest absolute Gasteiger partial charge is 0.307 e. The van der Waals surface area contributed by atoms with Crippen molar-refractivity contribution in [2.24, 2.45) is 11.7 Å². The number of aromatic amines is 1. The Balaban J connectivity index is 2.09. The van der Waals surface area contributed by atoms with Gasteiger partial charge >= 0.3 is 5.97 Å². The zero-order valence-electron chi connectivity index (χ0n) is 17.7. The number of H-pyrrole nitrogens is 1. The minimum Gasteiger partial charge on any atom is -0.481 e. The average Bonchev–Trinajstić information content (AvgIpc) is 3.30. The number of nitrogens with zero attached hydrogens (tertiary/aromatic N) is 3. The van der Waals surface area contributed by atoms with Crippen LogP contribution in [0.2, 0.25) is 0 Å². The molecule has 3 unspecified atom stereocenters. The molecule has 8 nitrogen and oxygen atoms in total. The van der Waals surface area contributed by atoms with Crippen LogP contribution in [0.25, 0.3) is 11.1 Å². The van der Waals surface area contributed by atoms with Crippen LogP contribution in [0.1, 0.15) is 66.7 Å². The molecule has 1 amide bonds. The van der Waals surface area contributed by atoms with Gasteiger partial charge in [-0.05, 0) is 41.2 Å². The SMILES string of the molecule is CCCCC(C(=O)O)C(c1nn[nH]n1)C(C)c1ccccc1-c1cccc(C(N)=O)c1. The van der Waals surface area contributed by atoms with Crippen molar-refractivity contribution in [3.05, 3.63) is 65.5 Å². The predicted molar refractivity (Wildman–Crippen MR) is 116 cm³/mol. The molecule has 0 spiro atoms. The highest BCUT2D eigenvalue weighted by molar-refractivity contribution is 5.94. The summed E-state index contributed by atoms with van der Waals surface area (Å²) in [5.74, 6) is -2.33. The monoisotopic (exact) mass is 421 g/mol. The van der Waals surface area contributed by atoms with E-state index in [1.54, 1.807) is 18.2 Å². The number of benzene rings is 2. The lowest BCUT2D eigenvalue weighted by molar-refractivity contribution is -0.143. The molecule has 3 atom stereocenters. The summed E-state index contributed by atoms with van der Waals surface area (Å²) in [4.78, 5) is 23.9. The number of nitrogens with one attached hydrogen (secondary N) is 1. The van der Waals surface area contributed by atoms with Crippen molar-refractivity contribution in [2.45, 2.75) is 44.9 Å². The van der Waals surface area contributed by atoms with Crippen LogP contribution in [-0.2, 0) is 4.79 Å². The van der Waals surface area contributed by atoms with E-state index in [1.165, 1.54) is 0 Å². The van der Waals surface area contributed by atoms with Gasteiger partial charge in [-0.2, -0.15) is 5.21 Å². The number of nitrogens with two attached hydrogens (primary N) is 1. The number of unbranched alkanes of at least 4 members (excludes halogenated alkanes) is 1. The van der Waals surface area contributed by atoms with E-state index in [1.807, 2.05) is 44.2 Å². The summed E-state index contributed by atoms with van der Waals surface area (Å²) in [6.45, 7) is 4.02. The van der Waals surface area contributed by atoms with Gasteiger partial charge in [0.1, 0.15) is 0 Å². The van der Waals surface area contributed by atoms with Crippen molar-refractivity contribution in [3.63, 3.8) is 0 Å². The predicted octanol–water partition coefficient (Wildman–Crippen LogP) is 3.74. The first-order valence-electron chi connectivity index (χ1n) is 10.4.